The summed E-state index contributed by atoms with van der Waals surface area (Å²) in [5.41, 5.74) is 1.44. The number of likely N-dealkylation sites (tertiary alicyclic amines) is 1. The minimum atomic E-state index is 0.726. The van der Waals surface area contributed by atoms with Crippen LogP contribution in [-0.2, 0) is 6.54 Å². The summed E-state index contributed by atoms with van der Waals surface area (Å²) in [4.78, 5) is 2.64. The topological polar surface area (TPSA) is 15.3 Å². The Morgan fingerprint density at radius 2 is 2.06 bits per heavy atom. The number of hydrogen-bond donors (Lipinski definition) is 1. The van der Waals surface area contributed by atoms with Gasteiger partial charge in [0.1, 0.15) is 0 Å². The van der Waals surface area contributed by atoms with Gasteiger partial charge >= 0.3 is 0 Å². The molecule has 0 spiro atoms. The Morgan fingerprint density at radius 1 is 1.24 bits per heavy atom. The SMILES string of the molecule is CCNCC1CCCCN1Cc1ccccc1. The van der Waals surface area contributed by atoms with Crippen LogP contribution in [0.5, 0.6) is 0 Å². The Kier molecular flexibility index (Phi) is 5.02. The molecule has 1 N–H and O–H groups in total. The van der Waals surface area contributed by atoms with Crippen LogP contribution in [0.4, 0.5) is 0 Å². The van der Waals surface area contributed by atoms with Crippen LogP contribution in [0.1, 0.15) is 31.7 Å². The maximum atomic E-state index is 3.49. The van der Waals surface area contributed by atoms with Crippen molar-refractivity contribution >= 4 is 0 Å². The van der Waals surface area contributed by atoms with E-state index in [1.54, 1.807) is 0 Å². The van der Waals surface area contributed by atoms with E-state index in [1.807, 2.05) is 0 Å². The molecule has 1 atom stereocenters. The van der Waals surface area contributed by atoms with Crippen molar-refractivity contribution in [3.8, 4) is 0 Å². The molecule has 2 heteroatoms. The smallest absolute Gasteiger partial charge is 0.0237 e. The number of likely N-dealkylation sites (N-methyl/N-ethyl adjacent to an activating group) is 1. The first-order valence-electron chi connectivity index (χ1n) is 6.89. The highest BCUT2D eigenvalue weighted by molar-refractivity contribution is 5.14. The molecular weight excluding hydrogens is 208 g/mol. The third-order valence-corrected chi connectivity index (χ3v) is 3.61. The normalized spacial score (nSPS) is 21.6. The molecule has 1 aromatic rings. The summed E-state index contributed by atoms with van der Waals surface area (Å²) in [6.45, 7) is 6.77. The molecule has 1 saturated heterocycles. The molecule has 0 amide bonds. The molecule has 0 radical (unpaired) electrons. The van der Waals surface area contributed by atoms with Gasteiger partial charge in [0.05, 0.1) is 0 Å². The van der Waals surface area contributed by atoms with Gasteiger partial charge in [-0.3, -0.25) is 4.90 Å². The highest BCUT2D eigenvalue weighted by Crippen LogP contribution is 2.19. The zero-order valence-corrected chi connectivity index (χ0v) is 10.9. The maximum Gasteiger partial charge on any atom is 0.0237 e. The lowest BCUT2D eigenvalue weighted by atomic mass is 10.0. The van der Waals surface area contributed by atoms with Crippen LogP contribution in [0.2, 0.25) is 0 Å². The minimum absolute atomic E-state index is 0.726. The Balaban J connectivity index is 1.92. The molecule has 1 unspecified atom stereocenters. The van der Waals surface area contributed by atoms with Gasteiger partial charge in [0.15, 0.2) is 0 Å². The molecule has 1 fully saturated rings. The van der Waals surface area contributed by atoms with Crippen molar-refractivity contribution in [3.05, 3.63) is 35.9 Å². The Labute approximate surface area is 105 Å². The molecule has 94 valence electrons. The lowest BCUT2D eigenvalue weighted by Gasteiger charge is -2.36. The molecule has 0 saturated carbocycles. The summed E-state index contributed by atoms with van der Waals surface area (Å²) in [7, 11) is 0. The maximum absolute atomic E-state index is 3.49. The van der Waals surface area contributed by atoms with Gasteiger partial charge in [-0.15, -0.1) is 0 Å². The summed E-state index contributed by atoms with van der Waals surface area (Å²) >= 11 is 0. The van der Waals surface area contributed by atoms with Crippen LogP contribution in [0, 0.1) is 0 Å². The Morgan fingerprint density at radius 3 is 2.82 bits per heavy atom. The third kappa shape index (κ3) is 3.83. The second-order valence-corrected chi connectivity index (χ2v) is 4.91. The number of nitrogens with one attached hydrogen (secondary N) is 1. The fourth-order valence-corrected chi connectivity index (χ4v) is 2.63. The number of benzene rings is 1. The van der Waals surface area contributed by atoms with Crippen molar-refractivity contribution in [2.24, 2.45) is 0 Å². The van der Waals surface area contributed by atoms with E-state index >= 15 is 0 Å². The Bertz CT molecular complexity index is 310. The second-order valence-electron chi connectivity index (χ2n) is 4.91. The first-order valence-corrected chi connectivity index (χ1v) is 6.89. The molecule has 1 heterocycles. The standard InChI is InChI=1S/C15H24N2/c1-2-16-12-15-10-6-7-11-17(15)13-14-8-4-3-5-9-14/h3-5,8-9,15-16H,2,6-7,10-13H2,1H3. The lowest BCUT2D eigenvalue weighted by molar-refractivity contribution is 0.138. The van der Waals surface area contributed by atoms with Crippen LogP contribution in [0.3, 0.4) is 0 Å². The molecule has 17 heavy (non-hydrogen) atoms. The summed E-state index contributed by atoms with van der Waals surface area (Å²) in [6.07, 6.45) is 4.09. The largest absolute Gasteiger partial charge is 0.315 e. The van der Waals surface area contributed by atoms with Gasteiger partial charge < -0.3 is 5.32 Å². The van der Waals surface area contributed by atoms with Gasteiger partial charge in [-0.25, -0.2) is 0 Å². The monoisotopic (exact) mass is 232 g/mol. The van der Waals surface area contributed by atoms with Crippen LogP contribution in [-0.4, -0.2) is 30.6 Å². The van der Waals surface area contributed by atoms with Gasteiger partial charge in [0, 0.05) is 19.1 Å². The Hall–Kier alpha value is -0.860. The van der Waals surface area contributed by atoms with Crippen molar-refractivity contribution in [2.45, 2.75) is 38.8 Å². The molecule has 1 aliphatic rings. The summed E-state index contributed by atoms with van der Waals surface area (Å²) < 4.78 is 0. The zero-order chi connectivity index (χ0) is 11.9. The van der Waals surface area contributed by atoms with Gasteiger partial charge in [0.2, 0.25) is 0 Å². The van der Waals surface area contributed by atoms with Crippen LogP contribution in [0.25, 0.3) is 0 Å². The van der Waals surface area contributed by atoms with E-state index in [0.29, 0.717) is 0 Å². The summed E-state index contributed by atoms with van der Waals surface area (Å²) in [5, 5.41) is 3.49. The summed E-state index contributed by atoms with van der Waals surface area (Å²) in [6, 6.07) is 11.6. The van der Waals surface area contributed by atoms with E-state index in [1.165, 1.54) is 31.4 Å². The molecule has 1 aromatic carbocycles. The number of nitrogens with zero attached hydrogens (tertiary/aromatic N) is 1. The van der Waals surface area contributed by atoms with Crippen molar-refractivity contribution in [3.63, 3.8) is 0 Å². The third-order valence-electron chi connectivity index (χ3n) is 3.61. The second kappa shape index (κ2) is 6.77. The first-order chi connectivity index (χ1) is 8.40. The molecule has 0 bridgehead atoms. The molecular formula is C15H24N2. The average molecular weight is 232 g/mol. The van der Waals surface area contributed by atoms with E-state index in [0.717, 1.165) is 25.7 Å². The van der Waals surface area contributed by atoms with Gasteiger partial charge in [-0.1, -0.05) is 43.7 Å². The fourth-order valence-electron chi connectivity index (χ4n) is 2.63. The average Bonchev–Trinajstić information content (AvgIpc) is 2.39. The molecule has 0 aliphatic carbocycles. The van der Waals surface area contributed by atoms with E-state index < -0.39 is 0 Å². The van der Waals surface area contributed by atoms with E-state index in [4.69, 9.17) is 0 Å². The van der Waals surface area contributed by atoms with Gasteiger partial charge in [0.25, 0.3) is 0 Å². The number of rotatable bonds is 5. The highest BCUT2D eigenvalue weighted by Gasteiger charge is 2.21. The van der Waals surface area contributed by atoms with E-state index in [-0.39, 0.29) is 0 Å². The van der Waals surface area contributed by atoms with Crippen LogP contribution >= 0.6 is 0 Å². The van der Waals surface area contributed by atoms with Crippen LogP contribution < -0.4 is 5.32 Å². The van der Waals surface area contributed by atoms with Crippen molar-refractivity contribution in [1.29, 1.82) is 0 Å². The predicted octanol–water partition coefficient (Wildman–Crippen LogP) is 2.65. The van der Waals surface area contributed by atoms with Gasteiger partial charge in [-0.05, 0) is 31.5 Å². The van der Waals surface area contributed by atoms with Crippen molar-refractivity contribution < 1.29 is 0 Å². The van der Waals surface area contributed by atoms with E-state index in [9.17, 15) is 0 Å². The van der Waals surface area contributed by atoms with Gasteiger partial charge in [-0.2, -0.15) is 0 Å². The quantitative estimate of drug-likeness (QED) is 0.839. The molecule has 2 nitrogen and oxygen atoms in total. The van der Waals surface area contributed by atoms with E-state index in [2.05, 4.69) is 47.5 Å². The molecule has 2 rings (SSSR count). The van der Waals surface area contributed by atoms with Crippen molar-refractivity contribution in [2.75, 3.05) is 19.6 Å². The van der Waals surface area contributed by atoms with Crippen LogP contribution in [0.15, 0.2) is 30.3 Å². The number of hydrogen-bond acceptors (Lipinski definition) is 2. The fraction of sp³-hybridized carbons (Fsp3) is 0.600. The first kappa shape index (κ1) is 12.6. The molecule has 1 aliphatic heterocycles. The van der Waals surface area contributed by atoms with Crippen molar-refractivity contribution in [1.82, 2.24) is 10.2 Å². The zero-order valence-electron chi connectivity index (χ0n) is 10.9. The highest BCUT2D eigenvalue weighted by atomic mass is 15.2. The predicted molar refractivity (Wildman–Crippen MR) is 73.0 cm³/mol. The lowest BCUT2D eigenvalue weighted by Crippen LogP contribution is -2.44. The number of piperidine rings is 1. The minimum Gasteiger partial charge on any atom is -0.315 e. The summed E-state index contributed by atoms with van der Waals surface area (Å²) in [5.74, 6) is 0. The molecule has 0 aromatic heterocycles.